The smallest absolute Gasteiger partial charge is 0.262 e. The highest BCUT2D eigenvalue weighted by molar-refractivity contribution is 8.00. The van der Waals surface area contributed by atoms with Gasteiger partial charge in [0.15, 0.2) is 5.16 Å². The number of nitriles is 1. The fourth-order valence-electron chi connectivity index (χ4n) is 2.69. The second-order valence-electron chi connectivity index (χ2n) is 6.17. The number of aromatic nitrogens is 2. The molecule has 0 saturated carbocycles. The Labute approximate surface area is 176 Å². The Hall–Kier alpha value is -3.08. The molecule has 0 aliphatic rings. The summed E-state index contributed by atoms with van der Waals surface area (Å²) in [4.78, 5) is 30.1. The zero-order valence-electron chi connectivity index (χ0n) is 15.6. The molecule has 6 nitrogen and oxygen atoms in total. The van der Waals surface area contributed by atoms with Crippen LogP contribution in [0, 0.1) is 11.3 Å². The van der Waals surface area contributed by atoms with Crippen LogP contribution in [-0.2, 0) is 11.3 Å². The van der Waals surface area contributed by atoms with E-state index in [1.165, 1.54) is 4.57 Å². The average Bonchev–Trinajstić information content (AvgIpc) is 2.71. The number of nitrogens with zero attached hydrogens (tertiary/aromatic N) is 3. The maximum atomic E-state index is 12.9. The minimum atomic E-state index is -0.568. The quantitative estimate of drug-likeness (QED) is 0.363. The van der Waals surface area contributed by atoms with Gasteiger partial charge in [0.05, 0.1) is 27.4 Å². The number of amides is 1. The van der Waals surface area contributed by atoms with Gasteiger partial charge in [-0.3, -0.25) is 14.2 Å². The van der Waals surface area contributed by atoms with Crippen molar-refractivity contribution in [2.24, 2.45) is 0 Å². The number of rotatable bonds is 6. The lowest BCUT2D eigenvalue weighted by molar-refractivity contribution is -0.115. The zero-order valence-corrected chi connectivity index (χ0v) is 17.1. The normalized spacial score (nSPS) is 11.6. The minimum absolute atomic E-state index is 0.225. The van der Waals surface area contributed by atoms with Gasteiger partial charge in [0.1, 0.15) is 6.07 Å². The fraction of sp³-hybridized carbons (Fsp3) is 0.143. The van der Waals surface area contributed by atoms with Crippen molar-refractivity contribution in [2.45, 2.75) is 23.9 Å². The van der Waals surface area contributed by atoms with Crippen LogP contribution in [0.5, 0.6) is 0 Å². The van der Waals surface area contributed by atoms with E-state index in [2.05, 4.69) is 16.9 Å². The summed E-state index contributed by atoms with van der Waals surface area (Å²) in [5.41, 5.74) is 1.05. The number of carbonyl (C=O) groups is 1. The molecule has 0 aliphatic heterocycles. The van der Waals surface area contributed by atoms with E-state index < -0.39 is 5.25 Å². The van der Waals surface area contributed by atoms with E-state index in [1.807, 2.05) is 6.07 Å². The van der Waals surface area contributed by atoms with E-state index in [0.29, 0.717) is 32.3 Å². The minimum Gasteiger partial charge on any atom is -0.324 e. The summed E-state index contributed by atoms with van der Waals surface area (Å²) >= 11 is 7.19. The van der Waals surface area contributed by atoms with Crippen molar-refractivity contribution in [2.75, 3.05) is 5.32 Å². The molecule has 0 spiro atoms. The molecule has 1 unspecified atom stereocenters. The monoisotopic (exact) mass is 424 g/mol. The Kier molecular flexibility index (Phi) is 6.37. The Morgan fingerprint density at radius 1 is 1.41 bits per heavy atom. The Balaban J connectivity index is 1.92. The van der Waals surface area contributed by atoms with Crippen molar-refractivity contribution in [1.82, 2.24) is 9.55 Å². The van der Waals surface area contributed by atoms with Crippen LogP contribution >= 0.6 is 23.4 Å². The molecule has 1 atom stereocenters. The molecule has 29 heavy (non-hydrogen) atoms. The molecule has 0 aliphatic carbocycles. The van der Waals surface area contributed by atoms with Gasteiger partial charge in [0.25, 0.3) is 5.56 Å². The lowest BCUT2D eigenvalue weighted by Crippen LogP contribution is -2.27. The third-order valence-corrected chi connectivity index (χ3v) is 5.48. The molecule has 0 radical (unpaired) electrons. The van der Waals surface area contributed by atoms with Crippen LogP contribution < -0.4 is 10.9 Å². The molecule has 3 aromatic rings. The van der Waals surface area contributed by atoms with Gasteiger partial charge < -0.3 is 5.32 Å². The maximum absolute atomic E-state index is 12.9. The zero-order chi connectivity index (χ0) is 21.0. The number of hydrogen-bond donors (Lipinski definition) is 1. The Morgan fingerprint density at radius 3 is 2.90 bits per heavy atom. The van der Waals surface area contributed by atoms with Gasteiger partial charge >= 0.3 is 0 Å². The van der Waals surface area contributed by atoms with Crippen LogP contribution in [0.15, 0.2) is 65.1 Å². The van der Waals surface area contributed by atoms with Crippen LogP contribution in [0.3, 0.4) is 0 Å². The van der Waals surface area contributed by atoms with Crippen molar-refractivity contribution in [3.05, 3.63) is 76.1 Å². The van der Waals surface area contributed by atoms with Gasteiger partial charge in [-0.25, -0.2) is 4.98 Å². The van der Waals surface area contributed by atoms with Crippen LogP contribution in [-0.4, -0.2) is 20.7 Å². The van der Waals surface area contributed by atoms with Gasteiger partial charge in [-0.1, -0.05) is 41.6 Å². The van der Waals surface area contributed by atoms with Crippen LogP contribution in [0.1, 0.15) is 12.5 Å². The van der Waals surface area contributed by atoms with Crippen LogP contribution in [0.4, 0.5) is 5.69 Å². The lowest BCUT2D eigenvalue weighted by Gasteiger charge is -2.16. The molecule has 1 N–H and O–H groups in total. The van der Waals surface area contributed by atoms with E-state index in [-0.39, 0.29) is 18.0 Å². The highest BCUT2D eigenvalue weighted by Gasteiger charge is 2.20. The van der Waals surface area contributed by atoms with E-state index in [9.17, 15) is 14.9 Å². The van der Waals surface area contributed by atoms with Gasteiger partial charge in [-0.15, -0.1) is 6.58 Å². The lowest BCUT2D eigenvalue weighted by atomic mass is 10.2. The van der Waals surface area contributed by atoms with Crippen molar-refractivity contribution >= 4 is 45.9 Å². The summed E-state index contributed by atoms with van der Waals surface area (Å²) in [6, 6.07) is 13.7. The summed E-state index contributed by atoms with van der Waals surface area (Å²) in [6.07, 6.45) is 1.60. The molecule has 1 heterocycles. The summed E-state index contributed by atoms with van der Waals surface area (Å²) in [7, 11) is 0. The van der Waals surface area contributed by atoms with Gasteiger partial charge in [0.2, 0.25) is 5.91 Å². The highest BCUT2D eigenvalue weighted by Crippen LogP contribution is 2.25. The second kappa shape index (κ2) is 8.95. The fourth-order valence-corrected chi connectivity index (χ4v) is 3.77. The predicted molar refractivity (Wildman–Crippen MR) is 116 cm³/mol. The number of hydrogen-bond acceptors (Lipinski definition) is 5. The largest absolute Gasteiger partial charge is 0.324 e. The van der Waals surface area contributed by atoms with E-state index in [4.69, 9.17) is 11.6 Å². The Bertz CT molecular complexity index is 1200. The third-order valence-electron chi connectivity index (χ3n) is 4.15. The summed E-state index contributed by atoms with van der Waals surface area (Å²) in [6.45, 7) is 5.67. The Morgan fingerprint density at radius 2 is 2.17 bits per heavy atom. The molecule has 0 saturated heterocycles. The molecular formula is C21H17ClN4O2S. The molecule has 3 rings (SSSR count). The van der Waals surface area contributed by atoms with Crippen molar-refractivity contribution in [3.63, 3.8) is 0 Å². The molecule has 146 valence electrons. The van der Waals surface area contributed by atoms with Crippen LogP contribution in [0.25, 0.3) is 10.9 Å². The maximum Gasteiger partial charge on any atom is 0.262 e. The highest BCUT2D eigenvalue weighted by atomic mass is 35.5. The van der Waals surface area contributed by atoms with E-state index in [0.717, 1.165) is 11.8 Å². The first kappa shape index (κ1) is 20.6. The van der Waals surface area contributed by atoms with Gasteiger partial charge in [-0.05, 0) is 37.3 Å². The first-order valence-corrected chi connectivity index (χ1v) is 9.98. The number of anilines is 1. The van der Waals surface area contributed by atoms with Crippen molar-refractivity contribution in [3.8, 4) is 6.07 Å². The number of carbonyl (C=O) groups excluding carboxylic acids is 1. The molecule has 1 amide bonds. The third kappa shape index (κ3) is 4.50. The standard InChI is InChI=1S/C21H17ClN4O2S/c1-3-10-26-20(28)16-9-8-15(22)11-18(16)25-21(26)29-13(2)19(27)24-17-7-5-4-6-14(17)12-23/h3-9,11,13H,1,10H2,2H3,(H,24,27). The topological polar surface area (TPSA) is 87.8 Å². The van der Waals surface area contributed by atoms with Gasteiger partial charge in [-0.2, -0.15) is 5.26 Å². The molecule has 8 heteroatoms. The molecule has 1 aromatic heterocycles. The number of fused-ring (bicyclic) bond motifs is 1. The molecule has 0 bridgehead atoms. The van der Waals surface area contributed by atoms with Gasteiger partial charge in [0, 0.05) is 11.6 Å². The number of allylic oxidation sites excluding steroid dienone is 1. The first-order chi connectivity index (χ1) is 13.9. The molecular weight excluding hydrogens is 408 g/mol. The summed E-state index contributed by atoms with van der Waals surface area (Å²) in [5.74, 6) is -0.303. The van der Waals surface area contributed by atoms with E-state index in [1.54, 1.807) is 55.5 Å². The number of thioether (sulfide) groups is 1. The predicted octanol–water partition coefficient (Wildman–Crippen LogP) is 4.23. The second-order valence-corrected chi connectivity index (χ2v) is 7.91. The number of nitrogens with one attached hydrogen (secondary N) is 1. The van der Waals surface area contributed by atoms with E-state index >= 15 is 0 Å². The SMILES string of the molecule is C=CCn1c(SC(C)C(=O)Nc2ccccc2C#N)nc2cc(Cl)ccc2c1=O. The van der Waals surface area contributed by atoms with Crippen molar-refractivity contribution < 1.29 is 4.79 Å². The first-order valence-electron chi connectivity index (χ1n) is 8.72. The molecule has 0 fully saturated rings. The molecule has 2 aromatic carbocycles. The number of para-hydroxylation sites is 1. The van der Waals surface area contributed by atoms with Crippen molar-refractivity contribution in [1.29, 1.82) is 5.26 Å². The summed E-state index contributed by atoms with van der Waals surface area (Å²) in [5, 5.41) is 12.7. The van der Waals surface area contributed by atoms with Crippen LogP contribution in [0.2, 0.25) is 5.02 Å². The number of halogens is 1. The summed E-state index contributed by atoms with van der Waals surface area (Å²) < 4.78 is 1.47. The average molecular weight is 425 g/mol. The number of benzene rings is 2.